The zero-order valence-electron chi connectivity index (χ0n) is 9.25. The van der Waals surface area contributed by atoms with E-state index in [4.69, 9.17) is 4.74 Å². The number of thiazole rings is 1. The van der Waals surface area contributed by atoms with Gasteiger partial charge in [0.1, 0.15) is 16.6 Å². The Labute approximate surface area is 101 Å². The highest BCUT2D eigenvalue weighted by Crippen LogP contribution is 2.31. The molecule has 1 heterocycles. The molecule has 0 saturated heterocycles. The molecule has 0 amide bonds. The number of rotatable bonds is 3. The fourth-order valence-corrected chi connectivity index (χ4v) is 2.19. The van der Waals surface area contributed by atoms with Gasteiger partial charge in [-0.3, -0.25) is 0 Å². The fourth-order valence-electron chi connectivity index (χ4n) is 1.36. The maximum atomic E-state index is 13.7. The van der Waals surface area contributed by atoms with Crippen molar-refractivity contribution in [2.75, 3.05) is 19.5 Å². The Hall–Kier alpha value is -1.69. The summed E-state index contributed by atoms with van der Waals surface area (Å²) in [5, 5.41) is 4.99. The van der Waals surface area contributed by atoms with Crippen molar-refractivity contribution in [2.24, 2.45) is 0 Å². The van der Waals surface area contributed by atoms with E-state index in [9.17, 15) is 8.78 Å². The van der Waals surface area contributed by atoms with Crippen LogP contribution in [0.15, 0.2) is 17.5 Å². The molecule has 0 aliphatic rings. The number of hydrogen-bond donors (Lipinski definition) is 1. The largest absolute Gasteiger partial charge is 0.494 e. The maximum Gasteiger partial charge on any atom is 0.165 e. The number of methoxy groups -OCH3 is 1. The number of aromatic nitrogens is 1. The van der Waals surface area contributed by atoms with E-state index in [1.807, 2.05) is 0 Å². The van der Waals surface area contributed by atoms with E-state index in [1.54, 1.807) is 12.4 Å². The minimum Gasteiger partial charge on any atom is -0.494 e. The first kappa shape index (κ1) is 11.8. The Morgan fingerprint density at radius 2 is 2.06 bits per heavy atom. The Morgan fingerprint density at radius 1 is 1.29 bits per heavy atom. The van der Waals surface area contributed by atoms with Gasteiger partial charge < -0.3 is 10.1 Å². The average molecular weight is 256 g/mol. The first-order chi connectivity index (χ1) is 8.15. The molecule has 0 bridgehead atoms. The molecular weight excluding hydrogens is 246 g/mol. The molecule has 3 nitrogen and oxygen atoms in total. The maximum absolute atomic E-state index is 13.7. The number of halogens is 2. The third kappa shape index (κ3) is 2.21. The predicted octanol–water partition coefficient (Wildman–Crippen LogP) is 3.14. The van der Waals surface area contributed by atoms with Crippen molar-refractivity contribution in [3.63, 3.8) is 0 Å². The number of ether oxygens (including phenoxy) is 1. The van der Waals surface area contributed by atoms with Crippen LogP contribution in [0.3, 0.4) is 0 Å². The van der Waals surface area contributed by atoms with Crippen LogP contribution in [0.5, 0.6) is 5.75 Å². The molecule has 1 aromatic carbocycles. The van der Waals surface area contributed by atoms with Gasteiger partial charge in [0.25, 0.3) is 0 Å². The minimum absolute atomic E-state index is 0.114. The second-order valence-electron chi connectivity index (χ2n) is 3.25. The van der Waals surface area contributed by atoms with Crippen LogP contribution >= 0.6 is 11.3 Å². The van der Waals surface area contributed by atoms with Gasteiger partial charge in [-0.2, -0.15) is 0 Å². The Kier molecular flexibility index (Phi) is 3.23. The molecule has 6 heteroatoms. The van der Waals surface area contributed by atoms with Crippen LogP contribution in [-0.4, -0.2) is 19.1 Å². The molecule has 2 rings (SSSR count). The summed E-state index contributed by atoms with van der Waals surface area (Å²) in [5.41, 5.74) is 0.134. The van der Waals surface area contributed by atoms with Crippen molar-refractivity contribution in [1.29, 1.82) is 0 Å². The summed E-state index contributed by atoms with van der Waals surface area (Å²) in [6.07, 6.45) is 0. The highest BCUT2D eigenvalue weighted by Gasteiger charge is 2.14. The van der Waals surface area contributed by atoms with Gasteiger partial charge in [0.05, 0.1) is 7.11 Å². The summed E-state index contributed by atoms with van der Waals surface area (Å²) in [5.74, 6) is -0.650. The molecule has 1 aromatic heterocycles. The molecule has 0 saturated carbocycles. The molecule has 90 valence electrons. The van der Waals surface area contributed by atoms with E-state index < -0.39 is 11.6 Å². The van der Waals surface area contributed by atoms with Crippen molar-refractivity contribution >= 4 is 17.2 Å². The van der Waals surface area contributed by atoms with E-state index in [1.165, 1.54) is 18.4 Å². The van der Waals surface area contributed by atoms with Gasteiger partial charge in [0.15, 0.2) is 11.6 Å². The Balaban J connectivity index is 2.48. The third-order valence-electron chi connectivity index (χ3n) is 2.23. The normalized spacial score (nSPS) is 10.4. The van der Waals surface area contributed by atoms with Gasteiger partial charge in [-0.25, -0.2) is 13.8 Å². The van der Waals surface area contributed by atoms with E-state index in [0.29, 0.717) is 10.8 Å². The van der Waals surface area contributed by atoms with Crippen LogP contribution < -0.4 is 10.1 Å². The molecule has 0 fully saturated rings. The van der Waals surface area contributed by atoms with E-state index in [0.717, 1.165) is 12.1 Å². The van der Waals surface area contributed by atoms with Crippen molar-refractivity contribution in [2.45, 2.75) is 0 Å². The lowest BCUT2D eigenvalue weighted by Crippen LogP contribution is -1.93. The van der Waals surface area contributed by atoms with Gasteiger partial charge in [-0.05, 0) is 6.07 Å². The standard InChI is InChI=1S/C11H10F2N2OS/c1-14-10-5-17-11(15-10)6-3-8(13)9(16-2)4-7(6)12/h3-5,14H,1-2H3. The highest BCUT2D eigenvalue weighted by molar-refractivity contribution is 7.13. The van der Waals surface area contributed by atoms with Crippen LogP contribution in [0.2, 0.25) is 0 Å². The Bertz CT molecular complexity index is 542. The number of nitrogens with one attached hydrogen (secondary N) is 1. The van der Waals surface area contributed by atoms with E-state index in [-0.39, 0.29) is 11.3 Å². The molecule has 0 aliphatic carbocycles. The first-order valence-corrected chi connectivity index (χ1v) is 5.70. The molecule has 0 atom stereocenters. The summed E-state index contributed by atoms with van der Waals surface area (Å²) in [6, 6.07) is 2.11. The zero-order chi connectivity index (χ0) is 12.4. The van der Waals surface area contributed by atoms with Gasteiger partial charge in [-0.1, -0.05) is 0 Å². The first-order valence-electron chi connectivity index (χ1n) is 4.82. The van der Waals surface area contributed by atoms with Crippen LogP contribution in [0.1, 0.15) is 0 Å². The quantitative estimate of drug-likeness (QED) is 0.916. The summed E-state index contributed by atoms with van der Waals surface area (Å²) in [7, 11) is 3.00. The lowest BCUT2D eigenvalue weighted by Gasteiger charge is -2.04. The topological polar surface area (TPSA) is 34.1 Å². The third-order valence-corrected chi connectivity index (χ3v) is 3.11. The van der Waals surface area contributed by atoms with Crippen LogP contribution in [0.4, 0.5) is 14.6 Å². The average Bonchev–Trinajstić information content (AvgIpc) is 2.80. The zero-order valence-corrected chi connectivity index (χ0v) is 10.1. The van der Waals surface area contributed by atoms with Gasteiger partial charge in [0.2, 0.25) is 0 Å². The van der Waals surface area contributed by atoms with Crippen molar-refractivity contribution in [3.8, 4) is 16.3 Å². The molecule has 2 aromatic rings. The van der Waals surface area contributed by atoms with Gasteiger partial charge in [-0.15, -0.1) is 11.3 Å². The molecular formula is C11H10F2N2OS. The second kappa shape index (κ2) is 4.67. The summed E-state index contributed by atoms with van der Waals surface area (Å²) in [6.45, 7) is 0. The number of nitrogens with zero attached hydrogens (tertiary/aromatic N) is 1. The fraction of sp³-hybridized carbons (Fsp3) is 0.182. The molecule has 0 aliphatic heterocycles. The molecule has 0 unspecified atom stereocenters. The van der Waals surface area contributed by atoms with Gasteiger partial charge in [0, 0.05) is 24.1 Å². The van der Waals surface area contributed by atoms with E-state index in [2.05, 4.69) is 10.3 Å². The van der Waals surface area contributed by atoms with E-state index >= 15 is 0 Å². The minimum atomic E-state index is -0.606. The predicted molar refractivity (Wildman–Crippen MR) is 63.6 cm³/mol. The lowest BCUT2D eigenvalue weighted by molar-refractivity contribution is 0.383. The smallest absolute Gasteiger partial charge is 0.165 e. The van der Waals surface area contributed by atoms with Crippen LogP contribution in [0.25, 0.3) is 10.6 Å². The summed E-state index contributed by atoms with van der Waals surface area (Å²) < 4.78 is 31.9. The van der Waals surface area contributed by atoms with Crippen LogP contribution in [0, 0.1) is 11.6 Å². The van der Waals surface area contributed by atoms with Gasteiger partial charge >= 0.3 is 0 Å². The lowest BCUT2D eigenvalue weighted by atomic mass is 10.2. The highest BCUT2D eigenvalue weighted by atomic mass is 32.1. The van der Waals surface area contributed by atoms with Crippen LogP contribution in [-0.2, 0) is 0 Å². The van der Waals surface area contributed by atoms with Crippen molar-refractivity contribution in [3.05, 3.63) is 29.1 Å². The van der Waals surface area contributed by atoms with Crippen molar-refractivity contribution in [1.82, 2.24) is 4.98 Å². The molecule has 17 heavy (non-hydrogen) atoms. The molecule has 0 spiro atoms. The number of anilines is 1. The second-order valence-corrected chi connectivity index (χ2v) is 4.11. The molecule has 1 N–H and O–H groups in total. The molecule has 0 radical (unpaired) electrons. The summed E-state index contributed by atoms with van der Waals surface area (Å²) >= 11 is 1.24. The monoisotopic (exact) mass is 256 g/mol. The number of benzene rings is 1. The Morgan fingerprint density at radius 3 is 2.65 bits per heavy atom. The SMILES string of the molecule is CNc1csc(-c2cc(F)c(OC)cc2F)n1. The van der Waals surface area contributed by atoms with Crippen molar-refractivity contribution < 1.29 is 13.5 Å². The summed E-state index contributed by atoms with van der Waals surface area (Å²) in [4.78, 5) is 4.12. The number of hydrogen-bond acceptors (Lipinski definition) is 4.